The third kappa shape index (κ3) is 4.50. The molecule has 1 aliphatic rings. The van der Waals surface area contributed by atoms with Crippen molar-refractivity contribution in [1.82, 2.24) is 5.32 Å². The summed E-state index contributed by atoms with van der Waals surface area (Å²) in [6, 6.07) is 8.47. The van der Waals surface area contributed by atoms with Gasteiger partial charge in [0.15, 0.2) is 0 Å². The van der Waals surface area contributed by atoms with Crippen LogP contribution in [-0.4, -0.2) is 19.0 Å². The fraction of sp³-hybridized carbons (Fsp3) is 0.562. The van der Waals surface area contributed by atoms with Crippen LogP contribution in [0.5, 0.6) is 0 Å². The van der Waals surface area contributed by atoms with Crippen molar-refractivity contribution in [2.75, 3.05) is 13.1 Å². The van der Waals surface area contributed by atoms with Crippen molar-refractivity contribution in [2.24, 2.45) is 17.6 Å². The highest BCUT2D eigenvalue weighted by molar-refractivity contribution is 5.85. The Morgan fingerprint density at radius 3 is 2.65 bits per heavy atom. The maximum Gasteiger partial charge on any atom is 0.223 e. The fourth-order valence-electron chi connectivity index (χ4n) is 2.88. The Morgan fingerprint density at radius 1 is 1.30 bits per heavy atom. The van der Waals surface area contributed by atoms with E-state index in [1.54, 1.807) is 0 Å². The zero-order valence-electron chi connectivity index (χ0n) is 12.1. The maximum absolute atomic E-state index is 12.1. The third-order valence-electron chi connectivity index (χ3n) is 4.13. The van der Waals surface area contributed by atoms with Crippen molar-refractivity contribution in [3.8, 4) is 0 Å². The van der Waals surface area contributed by atoms with Gasteiger partial charge in [-0.05, 0) is 44.2 Å². The normalized spacial score (nSPS) is 21.3. The minimum Gasteiger partial charge on any atom is -0.356 e. The van der Waals surface area contributed by atoms with E-state index in [4.69, 9.17) is 5.73 Å². The molecule has 1 fully saturated rings. The molecule has 3 nitrogen and oxygen atoms in total. The zero-order valence-corrected chi connectivity index (χ0v) is 12.9. The fourth-order valence-corrected chi connectivity index (χ4v) is 2.88. The highest BCUT2D eigenvalue weighted by Crippen LogP contribution is 2.30. The first-order valence-corrected chi connectivity index (χ1v) is 7.24. The van der Waals surface area contributed by atoms with Crippen LogP contribution in [0.4, 0.5) is 0 Å². The Bertz CT molecular complexity index is 419. The molecule has 0 aromatic heterocycles. The van der Waals surface area contributed by atoms with Gasteiger partial charge in [0, 0.05) is 12.5 Å². The van der Waals surface area contributed by atoms with Gasteiger partial charge >= 0.3 is 0 Å². The van der Waals surface area contributed by atoms with Gasteiger partial charge in [-0.2, -0.15) is 0 Å². The summed E-state index contributed by atoms with van der Waals surface area (Å²) >= 11 is 0. The van der Waals surface area contributed by atoms with Gasteiger partial charge in [-0.1, -0.05) is 36.2 Å². The smallest absolute Gasteiger partial charge is 0.223 e. The summed E-state index contributed by atoms with van der Waals surface area (Å²) in [5.41, 5.74) is 8.25. The van der Waals surface area contributed by atoms with Crippen molar-refractivity contribution in [1.29, 1.82) is 0 Å². The Kier molecular flexibility index (Phi) is 7.03. The number of hydrogen-bond donors (Lipinski definition) is 2. The molecule has 0 spiro atoms. The summed E-state index contributed by atoms with van der Waals surface area (Å²) < 4.78 is 0. The van der Waals surface area contributed by atoms with Gasteiger partial charge in [-0.15, -0.1) is 12.4 Å². The minimum atomic E-state index is 0. The summed E-state index contributed by atoms with van der Waals surface area (Å²) in [6.07, 6.45) is 4.13. The second-order valence-electron chi connectivity index (χ2n) is 5.56. The minimum absolute atomic E-state index is 0. The molecule has 2 rings (SSSR count). The largest absolute Gasteiger partial charge is 0.356 e. The summed E-state index contributed by atoms with van der Waals surface area (Å²) in [4.78, 5) is 12.1. The standard InChI is InChI=1S/C16H24N2O.ClH/c1-12-5-7-13(8-6-12)9-10-18-16(19)15-4-2-3-14(15)11-17;/h5-8,14-15H,2-4,9-11,17H2,1H3,(H,18,19);1H/t14-,15-;/m1./s1. The van der Waals surface area contributed by atoms with Gasteiger partial charge in [-0.3, -0.25) is 4.79 Å². The van der Waals surface area contributed by atoms with Crippen molar-refractivity contribution in [2.45, 2.75) is 32.6 Å². The molecule has 3 N–H and O–H groups in total. The van der Waals surface area contributed by atoms with Crippen LogP contribution in [0.25, 0.3) is 0 Å². The number of rotatable bonds is 5. The molecular formula is C16H25ClN2O. The molecule has 0 saturated heterocycles. The first-order valence-electron chi connectivity index (χ1n) is 7.24. The molecule has 1 saturated carbocycles. The average Bonchev–Trinajstić information content (AvgIpc) is 2.89. The molecular weight excluding hydrogens is 272 g/mol. The number of carbonyl (C=O) groups excluding carboxylic acids is 1. The van der Waals surface area contributed by atoms with Crippen LogP contribution in [0.3, 0.4) is 0 Å². The quantitative estimate of drug-likeness (QED) is 0.877. The SMILES string of the molecule is Cc1ccc(CCNC(=O)[C@@H]2CCC[C@@H]2CN)cc1.Cl. The summed E-state index contributed by atoms with van der Waals surface area (Å²) in [5, 5.41) is 3.06. The van der Waals surface area contributed by atoms with Crippen LogP contribution in [-0.2, 0) is 11.2 Å². The molecule has 0 unspecified atom stereocenters. The molecule has 0 heterocycles. The van der Waals surface area contributed by atoms with Gasteiger partial charge in [-0.25, -0.2) is 0 Å². The summed E-state index contributed by atoms with van der Waals surface area (Å²) in [7, 11) is 0. The first kappa shape index (κ1) is 17.0. The highest BCUT2D eigenvalue weighted by Gasteiger charge is 2.31. The van der Waals surface area contributed by atoms with Gasteiger partial charge in [0.2, 0.25) is 5.91 Å². The van der Waals surface area contributed by atoms with Crippen molar-refractivity contribution in [3.05, 3.63) is 35.4 Å². The number of halogens is 1. The van der Waals surface area contributed by atoms with E-state index in [0.29, 0.717) is 12.5 Å². The molecule has 20 heavy (non-hydrogen) atoms. The van der Waals surface area contributed by atoms with Crippen molar-refractivity contribution >= 4 is 18.3 Å². The van der Waals surface area contributed by atoms with E-state index >= 15 is 0 Å². The molecule has 2 atom stereocenters. The number of aryl methyl sites for hydroxylation is 1. The Balaban J connectivity index is 0.00000200. The number of hydrogen-bond acceptors (Lipinski definition) is 2. The van der Waals surface area contributed by atoms with Gasteiger partial charge < -0.3 is 11.1 Å². The predicted octanol–water partition coefficient (Wildman–Crippen LogP) is 2.45. The molecule has 1 aliphatic carbocycles. The molecule has 0 bridgehead atoms. The molecule has 0 radical (unpaired) electrons. The van der Waals surface area contributed by atoms with Crippen LogP contribution in [0.1, 0.15) is 30.4 Å². The maximum atomic E-state index is 12.1. The van der Waals surface area contributed by atoms with E-state index in [1.165, 1.54) is 11.1 Å². The van der Waals surface area contributed by atoms with E-state index in [2.05, 4.69) is 36.5 Å². The Morgan fingerprint density at radius 2 is 2.00 bits per heavy atom. The average molecular weight is 297 g/mol. The lowest BCUT2D eigenvalue weighted by Crippen LogP contribution is -2.36. The molecule has 1 amide bonds. The first-order chi connectivity index (χ1) is 9.20. The third-order valence-corrected chi connectivity index (χ3v) is 4.13. The lowest BCUT2D eigenvalue weighted by Gasteiger charge is -2.17. The molecule has 1 aromatic carbocycles. The van der Waals surface area contributed by atoms with E-state index in [1.807, 2.05) is 0 Å². The van der Waals surface area contributed by atoms with Gasteiger partial charge in [0.1, 0.15) is 0 Å². The van der Waals surface area contributed by atoms with E-state index in [-0.39, 0.29) is 24.2 Å². The Hall–Kier alpha value is -1.06. The lowest BCUT2D eigenvalue weighted by atomic mass is 9.95. The monoisotopic (exact) mass is 296 g/mol. The van der Waals surface area contributed by atoms with Crippen LogP contribution in [0, 0.1) is 18.8 Å². The van der Waals surface area contributed by atoms with Crippen LogP contribution < -0.4 is 11.1 Å². The van der Waals surface area contributed by atoms with E-state index < -0.39 is 0 Å². The second kappa shape index (κ2) is 8.28. The summed E-state index contributed by atoms with van der Waals surface area (Å²) in [5.74, 6) is 0.724. The lowest BCUT2D eigenvalue weighted by molar-refractivity contribution is -0.125. The summed E-state index contributed by atoms with van der Waals surface area (Å²) in [6.45, 7) is 3.43. The molecule has 112 valence electrons. The van der Waals surface area contributed by atoms with Gasteiger partial charge in [0.25, 0.3) is 0 Å². The van der Waals surface area contributed by atoms with E-state index in [0.717, 1.165) is 32.2 Å². The van der Waals surface area contributed by atoms with Crippen LogP contribution >= 0.6 is 12.4 Å². The molecule has 1 aromatic rings. The van der Waals surface area contributed by atoms with Crippen LogP contribution in [0.15, 0.2) is 24.3 Å². The second-order valence-corrected chi connectivity index (χ2v) is 5.56. The highest BCUT2D eigenvalue weighted by atomic mass is 35.5. The number of nitrogens with two attached hydrogens (primary N) is 1. The topological polar surface area (TPSA) is 55.1 Å². The zero-order chi connectivity index (χ0) is 13.7. The van der Waals surface area contributed by atoms with Crippen LogP contribution in [0.2, 0.25) is 0 Å². The van der Waals surface area contributed by atoms with Crippen molar-refractivity contribution in [3.63, 3.8) is 0 Å². The predicted molar refractivity (Wildman–Crippen MR) is 85.0 cm³/mol. The van der Waals surface area contributed by atoms with Crippen molar-refractivity contribution < 1.29 is 4.79 Å². The number of carbonyl (C=O) groups is 1. The van der Waals surface area contributed by atoms with E-state index in [9.17, 15) is 4.79 Å². The number of benzene rings is 1. The Labute approximate surface area is 127 Å². The molecule has 4 heteroatoms. The number of nitrogens with one attached hydrogen (secondary N) is 1. The molecule has 0 aliphatic heterocycles. The number of amides is 1. The van der Waals surface area contributed by atoms with Gasteiger partial charge in [0.05, 0.1) is 0 Å².